The molecule has 3 aromatic rings. The van der Waals surface area contributed by atoms with E-state index >= 15 is 0 Å². The molecule has 6 heteroatoms. The van der Waals surface area contributed by atoms with Gasteiger partial charge in [-0.2, -0.15) is 0 Å². The van der Waals surface area contributed by atoms with Gasteiger partial charge in [0.2, 0.25) is 5.88 Å². The number of anilines is 1. The van der Waals surface area contributed by atoms with Gasteiger partial charge in [-0.3, -0.25) is 14.7 Å². The van der Waals surface area contributed by atoms with E-state index in [4.69, 9.17) is 4.74 Å². The quantitative estimate of drug-likeness (QED) is 0.725. The molecule has 0 saturated carbocycles. The highest BCUT2D eigenvalue weighted by atomic mass is 16.5. The van der Waals surface area contributed by atoms with Crippen LogP contribution in [-0.2, 0) is 13.6 Å². The third-order valence-corrected chi connectivity index (χ3v) is 4.34. The van der Waals surface area contributed by atoms with Gasteiger partial charge < -0.3 is 10.1 Å². The first-order chi connectivity index (χ1) is 12.3. The Morgan fingerprint density at radius 2 is 2.20 bits per heavy atom. The van der Waals surface area contributed by atoms with Crippen LogP contribution in [0.3, 0.4) is 0 Å². The molecule has 2 aromatic heterocycles. The van der Waals surface area contributed by atoms with Crippen molar-refractivity contribution in [3.05, 3.63) is 47.8 Å². The molecular weight excluding hydrogens is 314 g/mol. The lowest BCUT2D eigenvalue weighted by Gasteiger charge is -2.07. The van der Waals surface area contributed by atoms with E-state index in [0.29, 0.717) is 19.0 Å². The molecule has 0 atom stereocenters. The fraction of sp³-hybridized carbons (Fsp3) is 0.316. The number of aryl methyl sites for hydroxylation is 1. The molecule has 0 fully saturated rings. The predicted molar refractivity (Wildman–Crippen MR) is 99.2 cm³/mol. The molecule has 4 rings (SSSR count). The maximum absolute atomic E-state index is 5.81. The largest absolute Gasteiger partial charge is 0.476 e. The Hall–Kier alpha value is -2.89. The molecule has 1 aliphatic rings. The summed E-state index contributed by atoms with van der Waals surface area (Å²) < 4.78 is 7.67. The van der Waals surface area contributed by atoms with Crippen LogP contribution in [0.25, 0.3) is 10.9 Å². The molecule has 3 heterocycles. The second kappa shape index (κ2) is 6.55. The van der Waals surface area contributed by atoms with E-state index in [1.165, 1.54) is 0 Å². The maximum Gasteiger partial charge on any atom is 0.240 e. The van der Waals surface area contributed by atoms with Crippen molar-refractivity contribution >= 4 is 22.4 Å². The van der Waals surface area contributed by atoms with Crippen LogP contribution in [0.5, 0.6) is 5.88 Å². The number of hydrogen-bond donors (Lipinski definition) is 1. The minimum Gasteiger partial charge on any atom is -0.476 e. The first-order valence-corrected chi connectivity index (χ1v) is 8.61. The van der Waals surface area contributed by atoms with Crippen molar-refractivity contribution in [3.8, 4) is 5.88 Å². The Balaban J connectivity index is 1.59. The average Bonchev–Trinajstić information content (AvgIpc) is 3.17. The molecule has 1 aliphatic heterocycles. The van der Waals surface area contributed by atoms with Gasteiger partial charge in [-0.1, -0.05) is 19.4 Å². The van der Waals surface area contributed by atoms with Crippen LogP contribution >= 0.6 is 0 Å². The normalized spacial score (nSPS) is 13.0. The number of aromatic nitrogens is 3. The smallest absolute Gasteiger partial charge is 0.240 e. The third kappa shape index (κ3) is 2.95. The summed E-state index contributed by atoms with van der Waals surface area (Å²) in [6, 6.07) is 10.1. The molecule has 128 valence electrons. The molecule has 0 bridgehead atoms. The van der Waals surface area contributed by atoms with Crippen molar-refractivity contribution in [1.29, 1.82) is 0 Å². The van der Waals surface area contributed by atoms with Gasteiger partial charge >= 0.3 is 0 Å². The van der Waals surface area contributed by atoms with Crippen LogP contribution in [0.15, 0.2) is 41.5 Å². The maximum atomic E-state index is 5.81. The zero-order valence-electron chi connectivity index (χ0n) is 14.5. The molecule has 1 aromatic carbocycles. The number of hydrogen-bond acceptors (Lipinski definition) is 5. The molecule has 0 amide bonds. The number of aliphatic imine (C=N–C) groups is 1. The van der Waals surface area contributed by atoms with E-state index in [-0.39, 0.29) is 0 Å². The van der Waals surface area contributed by atoms with Crippen molar-refractivity contribution in [2.45, 2.75) is 26.3 Å². The topological polar surface area (TPSA) is 64.3 Å². The van der Waals surface area contributed by atoms with Crippen molar-refractivity contribution in [2.24, 2.45) is 12.0 Å². The number of ether oxygens (including phenoxy) is 1. The summed E-state index contributed by atoms with van der Waals surface area (Å²) in [5.41, 5.74) is 4.07. The number of rotatable bonds is 5. The summed E-state index contributed by atoms with van der Waals surface area (Å²) in [6.45, 7) is 3.52. The van der Waals surface area contributed by atoms with Crippen LogP contribution in [-0.4, -0.2) is 27.2 Å². The van der Waals surface area contributed by atoms with Gasteiger partial charge in [0.15, 0.2) is 5.84 Å². The SMILES string of the molecule is CCCCOc1nn(C)c2cc(NC3=NCc4cccnc43)ccc12. The van der Waals surface area contributed by atoms with E-state index in [2.05, 4.69) is 39.4 Å². The second-order valence-corrected chi connectivity index (χ2v) is 6.16. The summed E-state index contributed by atoms with van der Waals surface area (Å²) in [4.78, 5) is 8.98. The fourth-order valence-corrected chi connectivity index (χ4v) is 2.98. The summed E-state index contributed by atoms with van der Waals surface area (Å²) in [7, 11) is 1.93. The van der Waals surface area contributed by atoms with Gasteiger partial charge in [-0.05, 0) is 30.7 Å². The summed E-state index contributed by atoms with van der Waals surface area (Å²) in [5, 5.41) is 8.90. The van der Waals surface area contributed by atoms with E-state index < -0.39 is 0 Å². The summed E-state index contributed by atoms with van der Waals surface area (Å²) >= 11 is 0. The van der Waals surface area contributed by atoms with Gasteiger partial charge in [-0.25, -0.2) is 0 Å². The standard InChI is InChI=1S/C19H21N5O/c1-3-4-10-25-19-15-8-7-14(11-16(15)24(2)23-19)22-18-17-13(12-21-18)6-5-9-20-17/h5-9,11H,3-4,10,12H2,1-2H3,(H,21,22). The minimum absolute atomic E-state index is 0.675. The molecule has 0 unspecified atom stereocenters. The molecule has 6 nitrogen and oxygen atoms in total. The Kier molecular flexibility index (Phi) is 4.09. The first kappa shape index (κ1) is 15.6. The second-order valence-electron chi connectivity index (χ2n) is 6.16. The third-order valence-electron chi connectivity index (χ3n) is 4.34. The highest BCUT2D eigenvalue weighted by molar-refractivity contribution is 6.09. The van der Waals surface area contributed by atoms with Crippen LogP contribution in [0.2, 0.25) is 0 Å². The van der Waals surface area contributed by atoms with E-state index in [0.717, 1.165) is 46.5 Å². The van der Waals surface area contributed by atoms with Crippen molar-refractivity contribution in [2.75, 3.05) is 11.9 Å². The number of nitrogens with zero attached hydrogens (tertiary/aromatic N) is 4. The van der Waals surface area contributed by atoms with E-state index in [1.807, 2.05) is 29.9 Å². The van der Waals surface area contributed by atoms with E-state index in [1.54, 1.807) is 6.20 Å². The number of unbranched alkanes of at least 4 members (excludes halogenated alkanes) is 1. The Morgan fingerprint density at radius 1 is 1.28 bits per heavy atom. The van der Waals surface area contributed by atoms with Gasteiger partial charge in [0.25, 0.3) is 0 Å². The number of amidine groups is 1. The predicted octanol–water partition coefficient (Wildman–Crippen LogP) is 3.52. The van der Waals surface area contributed by atoms with Crippen molar-refractivity contribution in [3.63, 3.8) is 0 Å². The zero-order valence-corrected chi connectivity index (χ0v) is 14.5. The van der Waals surface area contributed by atoms with Gasteiger partial charge in [0, 0.05) is 24.5 Å². The molecule has 25 heavy (non-hydrogen) atoms. The van der Waals surface area contributed by atoms with Crippen molar-refractivity contribution < 1.29 is 4.74 Å². The lowest BCUT2D eigenvalue weighted by Crippen LogP contribution is -2.13. The highest BCUT2D eigenvalue weighted by Crippen LogP contribution is 2.28. The van der Waals surface area contributed by atoms with Gasteiger partial charge in [-0.15, -0.1) is 5.10 Å². The fourth-order valence-electron chi connectivity index (χ4n) is 2.98. The molecule has 0 saturated heterocycles. The lowest BCUT2D eigenvalue weighted by molar-refractivity contribution is 0.298. The number of nitrogens with one attached hydrogen (secondary N) is 1. The van der Waals surface area contributed by atoms with Crippen LogP contribution in [0, 0.1) is 0 Å². The number of benzene rings is 1. The van der Waals surface area contributed by atoms with Gasteiger partial charge in [0.05, 0.1) is 24.1 Å². The minimum atomic E-state index is 0.675. The summed E-state index contributed by atoms with van der Waals surface area (Å²) in [5.74, 6) is 1.51. The molecule has 0 aliphatic carbocycles. The molecular formula is C19H21N5O. The Morgan fingerprint density at radius 3 is 3.08 bits per heavy atom. The average molecular weight is 335 g/mol. The van der Waals surface area contributed by atoms with Gasteiger partial charge in [0.1, 0.15) is 5.69 Å². The molecule has 1 N–H and O–H groups in total. The van der Waals surface area contributed by atoms with Crippen LogP contribution < -0.4 is 10.1 Å². The zero-order chi connectivity index (χ0) is 17.2. The van der Waals surface area contributed by atoms with Crippen molar-refractivity contribution in [1.82, 2.24) is 14.8 Å². The number of pyridine rings is 1. The first-order valence-electron chi connectivity index (χ1n) is 8.61. The van der Waals surface area contributed by atoms with Crippen LogP contribution in [0.1, 0.15) is 31.0 Å². The van der Waals surface area contributed by atoms with E-state index in [9.17, 15) is 0 Å². The number of fused-ring (bicyclic) bond motifs is 2. The Bertz CT molecular complexity index is 944. The highest BCUT2D eigenvalue weighted by Gasteiger charge is 2.17. The lowest BCUT2D eigenvalue weighted by atomic mass is 10.2. The monoisotopic (exact) mass is 335 g/mol. The molecule has 0 radical (unpaired) electrons. The molecule has 0 spiro atoms. The van der Waals surface area contributed by atoms with Crippen LogP contribution in [0.4, 0.5) is 5.69 Å². The Labute approximate surface area is 146 Å². The summed E-state index contributed by atoms with van der Waals surface area (Å²) in [6.07, 6.45) is 3.94.